The highest BCUT2D eigenvalue weighted by molar-refractivity contribution is 7.92. The maximum atomic E-state index is 14.2. The average molecular weight is 490 g/mol. The Bertz CT molecular complexity index is 1660. The van der Waals surface area contributed by atoms with E-state index in [1.54, 1.807) is 36.5 Å². The third kappa shape index (κ3) is 4.66. The van der Waals surface area contributed by atoms with Gasteiger partial charge >= 0.3 is 0 Å². The number of aromatic nitrogens is 5. The first-order chi connectivity index (χ1) is 16.8. The fourth-order valence-electron chi connectivity index (χ4n) is 3.57. The molecule has 3 heterocycles. The van der Waals surface area contributed by atoms with Gasteiger partial charge in [0.25, 0.3) is 0 Å². The van der Waals surface area contributed by atoms with Crippen LogP contribution in [0.4, 0.5) is 14.6 Å². The lowest BCUT2D eigenvalue weighted by atomic mass is 10.0. The van der Waals surface area contributed by atoms with Crippen molar-refractivity contribution in [3.63, 3.8) is 0 Å². The maximum Gasteiger partial charge on any atom is 0.230 e. The van der Waals surface area contributed by atoms with Crippen molar-refractivity contribution in [1.82, 2.24) is 25.1 Å². The Kier molecular flexibility index (Phi) is 5.61. The highest BCUT2D eigenvalue weighted by atomic mass is 32.2. The molecule has 2 aromatic carbocycles. The number of pyridine rings is 1. The van der Waals surface area contributed by atoms with Gasteiger partial charge in [0.05, 0.1) is 23.2 Å². The molecule has 0 aliphatic heterocycles. The van der Waals surface area contributed by atoms with Crippen LogP contribution in [-0.2, 0) is 10.0 Å². The molecule has 0 aliphatic rings. The molecule has 0 saturated heterocycles. The zero-order chi connectivity index (χ0) is 24.6. The zero-order valence-corrected chi connectivity index (χ0v) is 19.0. The van der Waals surface area contributed by atoms with Crippen LogP contribution in [0.2, 0.25) is 0 Å². The summed E-state index contributed by atoms with van der Waals surface area (Å²) in [6.07, 6.45) is 4.08. The number of hydrogen-bond donors (Lipinski definition) is 1. The molecule has 35 heavy (non-hydrogen) atoms. The Morgan fingerprint density at radius 1 is 0.857 bits per heavy atom. The molecule has 0 saturated carbocycles. The van der Waals surface area contributed by atoms with Crippen molar-refractivity contribution in [1.29, 1.82) is 0 Å². The zero-order valence-electron chi connectivity index (χ0n) is 18.1. The van der Waals surface area contributed by atoms with Gasteiger partial charge in [0, 0.05) is 28.9 Å². The SMILES string of the molecule is CS(=O)(=O)Nc1ccc(-c2nccc(-c3cccc4cc(-c5c(F)cccc5F)nnc34)n2)cn1. The Morgan fingerprint density at radius 3 is 2.34 bits per heavy atom. The summed E-state index contributed by atoms with van der Waals surface area (Å²) in [4.78, 5) is 13.0. The summed E-state index contributed by atoms with van der Waals surface area (Å²) in [5, 5.41) is 8.94. The number of rotatable bonds is 5. The quantitative estimate of drug-likeness (QED) is 0.387. The van der Waals surface area contributed by atoms with Gasteiger partial charge in [-0.2, -0.15) is 0 Å². The second-order valence-corrected chi connectivity index (χ2v) is 9.39. The number of nitrogens with zero attached hydrogens (tertiary/aromatic N) is 5. The minimum atomic E-state index is -3.44. The smallest absolute Gasteiger partial charge is 0.230 e. The van der Waals surface area contributed by atoms with E-state index in [-0.39, 0.29) is 17.1 Å². The highest BCUT2D eigenvalue weighted by Gasteiger charge is 2.16. The molecule has 1 N–H and O–H groups in total. The molecule has 174 valence electrons. The molecule has 0 radical (unpaired) electrons. The Labute approximate surface area is 198 Å². The number of benzene rings is 2. The van der Waals surface area contributed by atoms with Crippen LogP contribution in [0.3, 0.4) is 0 Å². The lowest BCUT2D eigenvalue weighted by molar-refractivity contribution is 0.588. The van der Waals surface area contributed by atoms with Crippen LogP contribution in [0.5, 0.6) is 0 Å². The Morgan fingerprint density at radius 2 is 1.63 bits per heavy atom. The molecule has 0 fully saturated rings. The minimum Gasteiger partial charge on any atom is -0.268 e. The first-order valence-electron chi connectivity index (χ1n) is 10.3. The monoisotopic (exact) mass is 490 g/mol. The lowest BCUT2D eigenvalue weighted by Crippen LogP contribution is -2.10. The predicted molar refractivity (Wildman–Crippen MR) is 128 cm³/mol. The van der Waals surface area contributed by atoms with Crippen molar-refractivity contribution >= 4 is 26.7 Å². The number of halogens is 2. The van der Waals surface area contributed by atoms with E-state index < -0.39 is 21.7 Å². The largest absolute Gasteiger partial charge is 0.268 e. The van der Waals surface area contributed by atoms with Gasteiger partial charge in [-0.25, -0.2) is 32.2 Å². The standard InChI is InChI=1S/C24H16F2N6O2S/c1-35(33,34)32-21-9-8-15(13-28-21)24-27-11-10-19(29-24)16-5-2-4-14-12-20(30-31-23(14)16)22-17(25)6-3-7-18(22)26/h2-13H,1H3,(H,28,32). The summed E-state index contributed by atoms with van der Waals surface area (Å²) in [7, 11) is -3.44. The minimum absolute atomic E-state index is 0.0856. The summed E-state index contributed by atoms with van der Waals surface area (Å²) in [5.41, 5.74) is 2.14. The van der Waals surface area contributed by atoms with Crippen LogP contribution < -0.4 is 4.72 Å². The van der Waals surface area contributed by atoms with E-state index in [0.29, 0.717) is 33.5 Å². The van der Waals surface area contributed by atoms with E-state index in [1.807, 2.05) is 6.07 Å². The normalized spacial score (nSPS) is 11.5. The topological polar surface area (TPSA) is 111 Å². The number of sulfonamides is 1. The number of nitrogens with one attached hydrogen (secondary N) is 1. The molecule has 0 unspecified atom stereocenters. The number of anilines is 1. The third-order valence-corrected chi connectivity index (χ3v) is 5.66. The van der Waals surface area contributed by atoms with E-state index in [9.17, 15) is 17.2 Å². The van der Waals surface area contributed by atoms with Crippen molar-refractivity contribution in [3.8, 4) is 33.9 Å². The van der Waals surface area contributed by atoms with E-state index in [4.69, 9.17) is 0 Å². The van der Waals surface area contributed by atoms with Gasteiger partial charge in [0.15, 0.2) is 5.82 Å². The van der Waals surface area contributed by atoms with Crippen LogP contribution in [0.1, 0.15) is 0 Å². The summed E-state index contributed by atoms with van der Waals surface area (Å²) >= 11 is 0. The van der Waals surface area contributed by atoms with Crippen LogP contribution in [-0.4, -0.2) is 39.8 Å². The molecule has 0 spiro atoms. The van der Waals surface area contributed by atoms with Crippen LogP contribution in [0, 0.1) is 11.6 Å². The van der Waals surface area contributed by atoms with Gasteiger partial charge in [-0.3, -0.25) is 4.72 Å². The van der Waals surface area contributed by atoms with Gasteiger partial charge in [0.1, 0.15) is 23.0 Å². The molecular weight excluding hydrogens is 474 g/mol. The molecular formula is C24H16F2N6O2S. The fourth-order valence-corrected chi connectivity index (χ4v) is 4.07. The summed E-state index contributed by atoms with van der Waals surface area (Å²) in [6.45, 7) is 0. The molecule has 0 amide bonds. The summed E-state index contributed by atoms with van der Waals surface area (Å²) in [5.74, 6) is -0.891. The van der Waals surface area contributed by atoms with Crippen LogP contribution in [0.25, 0.3) is 44.8 Å². The summed E-state index contributed by atoms with van der Waals surface area (Å²) in [6, 6.07) is 15.4. The van der Waals surface area contributed by atoms with E-state index in [1.165, 1.54) is 30.5 Å². The van der Waals surface area contributed by atoms with E-state index in [2.05, 4.69) is 29.9 Å². The molecule has 0 atom stereocenters. The van der Waals surface area contributed by atoms with Gasteiger partial charge in [-0.05, 0) is 36.4 Å². The van der Waals surface area contributed by atoms with Crippen LogP contribution in [0.15, 0.2) is 73.1 Å². The van der Waals surface area contributed by atoms with Crippen molar-refractivity contribution in [2.24, 2.45) is 0 Å². The molecule has 3 aromatic heterocycles. The van der Waals surface area contributed by atoms with Gasteiger partial charge < -0.3 is 0 Å². The molecule has 8 nitrogen and oxygen atoms in total. The highest BCUT2D eigenvalue weighted by Crippen LogP contribution is 2.30. The third-order valence-electron chi connectivity index (χ3n) is 5.08. The van der Waals surface area contributed by atoms with Crippen molar-refractivity contribution in [3.05, 3.63) is 84.7 Å². The predicted octanol–water partition coefficient (Wildman–Crippen LogP) is 4.47. The van der Waals surface area contributed by atoms with Crippen LogP contribution >= 0.6 is 0 Å². The molecule has 5 aromatic rings. The van der Waals surface area contributed by atoms with Gasteiger partial charge in [-0.1, -0.05) is 24.3 Å². The second-order valence-electron chi connectivity index (χ2n) is 7.64. The fraction of sp³-hybridized carbons (Fsp3) is 0.0417. The first kappa shape index (κ1) is 22.4. The number of fused-ring (bicyclic) bond motifs is 1. The van der Waals surface area contributed by atoms with Gasteiger partial charge in [0.2, 0.25) is 10.0 Å². The van der Waals surface area contributed by atoms with Crippen molar-refractivity contribution in [2.45, 2.75) is 0 Å². The van der Waals surface area contributed by atoms with E-state index in [0.717, 1.165) is 6.26 Å². The second kappa shape index (κ2) is 8.76. The summed E-state index contributed by atoms with van der Waals surface area (Å²) < 4.78 is 53.5. The average Bonchev–Trinajstić information content (AvgIpc) is 2.83. The molecule has 11 heteroatoms. The van der Waals surface area contributed by atoms with Crippen molar-refractivity contribution < 1.29 is 17.2 Å². The molecule has 0 bridgehead atoms. The number of hydrogen-bond acceptors (Lipinski definition) is 7. The van der Waals surface area contributed by atoms with Gasteiger partial charge in [-0.15, -0.1) is 10.2 Å². The van der Waals surface area contributed by atoms with Crippen molar-refractivity contribution in [2.75, 3.05) is 11.0 Å². The Hall–Kier alpha value is -4.38. The lowest BCUT2D eigenvalue weighted by Gasteiger charge is -2.09. The molecule has 0 aliphatic carbocycles. The van der Waals surface area contributed by atoms with E-state index >= 15 is 0 Å². The Balaban J connectivity index is 1.53. The maximum absolute atomic E-state index is 14.2. The first-order valence-corrected chi connectivity index (χ1v) is 12.2. The molecule has 5 rings (SSSR count).